The lowest BCUT2D eigenvalue weighted by Gasteiger charge is -2.06. The van der Waals surface area contributed by atoms with Crippen molar-refractivity contribution in [1.29, 1.82) is 0 Å². The summed E-state index contributed by atoms with van der Waals surface area (Å²) in [6, 6.07) is 5.52. The van der Waals surface area contributed by atoms with E-state index in [0.29, 0.717) is 0 Å². The van der Waals surface area contributed by atoms with Gasteiger partial charge in [0.2, 0.25) is 0 Å². The molecule has 0 amide bonds. The maximum atomic E-state index is 13.1. The lowest BCUT2D eigenvalue weighted by Crippen LogP contribution is -2.03. The van der Waals surface area contributed by atoms with E-state index in [4.69, 9.17) is 28.9 Å². The first-order chi connectivity index (χ1) is 8.90. The summed E-state index contributed by atoms with van der Waals surface area (Å²) in [4.78, 5) is 12.1. The molecular weight excluding hydrogens is 295 g/mol. The molecule has 0 spiro atoms. The van der Waals surface area contributed by atoms with Gasteiger partial charge >= 0.3 is 0 Å². The molecule has 2 aromatic rings. The minimum absolute atomic E-state index is 0.00388. The van der Waals surface area contributed by atoms with Crippen LogP contribution in [0.15, 0.2) is 30.3 Å². The molecule has 2 aromatic carbocycles. The van der Waals surface area contributed by atoms with Gasteiger partial charge in [0.05, 0.1) is 15.7 Å². The Labute approximate surface area is 117 Å². The maximum absolute atomic E-state index is 13.1. The molecule has 0 bridgehead atoms. The molecule has 0 aliphatic carbocycles. The fourth-order valence-corrected chi connectivity index (χ4v) is 2.01. The van der Waals surface area contributed by atoms with E-state index < -0.39 is 17.4 Å². The van der Waals surface area contributed by atoms with E-state index in [1.807, 2.05) is 0 Å². The highest BCUT2D eigenvalue weighted by molar-refractivity contribution is 6.39. The third-order valence-corrected chi connectivity index (χ3v) is 3.15. The zero-order valence-electron chi connectivity index (χ0n) is 9.38. The van der Waals surface area contributed by atoms with Gasteiger partial charge in [0.25, 0.3) is 0 Å². The van der Waals surface area contributed by atoms with Gasteiger partial charge in [-0.05, 0) is 30.3 Å². The van der Waals surface area contributed by atoms with Crippen molar-refractivity contribution in [3.63, 3.8) is 0 Å². The number of nitrogens with two attached hydrogens (primary N) is 1. The summed E-state index contributed by atoms with van der Waals surface area (Å²) < 4.78 is 25.9. The Morgan fingerprint density at radius 3 is 2.05 bits per heavy atom. The Bertz CT molecular complexity index is 651. The average molecular weight is 302 g/mol. The van der Waals surface area contributed by atoms with E-state index in [2.05, 4.69) is 0 Å². The molecule has 0 aromatic heterocycles. The van der Waals surface area contributed by atoms with Gasteiger partial charge in [0, 0.05) is 11.1 Å². The highest BCUT2D eigenvalue weighted by atomic mass is 35.5. The number of hydrogen-bond acceptors (Lipinski definition) is 2. The molecule has 0 fully saturated rings. The van der Waals surface area contributed by atoms with Crippen LogP contribution in [0.25, 0.3) is 0 Å². The van der Waals surface area contributed by atoms with Crippen molar-refractivity contribution in [2.45, 2.75) is 0 Å². The van der Waals surface area contributed by atoms with E-state index >= 15 is 0 Å². The zero-order valence-corrected chi connectivity index (χ0v) is 10.9. The Morgan fingerprint density at radius 2 is 1.53 bits per heavy atom. The van der Waals surface area contributed by atoms with Crippen molar-refractivity contribution < 1.29 is 13.6 Å². The van der Waals surface area contributed by atoms with Crippen LogP contribution in [0.5, 0.6) is 0 Å². The molecule has 0 radical (unpaired) electrons. The first-order valence-corrected chi connectivity index (χ1v) is 5.90. The molecule has 0 saturated carbocycles. The second kappa shape index (κ2) is 5.15. The number of carbonyl (C=O) groups excluding carboxylic acids is 1. The van der Waals surface area contributed by atoms with Crippen LogP contribution in [-0.4, -0.2) is 5.78 Å². The second-order valence-corrected chi connectivity index (χ2v) is 4.63. The molecule has 2 nitrogen and oxygen atoms in total. The van der Waals surface area contributed by atoms with Gasteiger partial charge in [0.15, 0.2) is 17.4 Å². The van der Waals surface area contributed by atoms with Gasteiger partial charge in [-0.1, -0.05) is 23.2 Å². The van der Waals surface area contributed by atoms with Crippen molar-refractivity contribution in [3.05, 3.63) is 63.1 Å². The summed E-state index contributed by atoms with van der Waals surface area (Å²) in [5.74, 6) is -2.65. The molecular formula is C13H7Cl2F2NO. The molecule has 0 aliphatic rings. The Morgan fingerprint density at radius 1 is 0.947 bits per heavy atom. The van der Waals surface area contributed by atoms with Crippen LogP contribution in [-0.2, 0) is 0 Å². The summed E-state index contributed by atoms with van der Waals surface area (Å²) in [6.07, 6.45) is 0. The van der Waals surface area contributed by atoms with Crippen molar-refractivity contribution in [3.8, 4) is 0 Å². The third kappa shape index (κ3) is 2.69. The first-order valence-electron chi connectivity index (χ1n) is 5.14. The molecule has 98 valence electrons. The quantitative estimate of drug-likeness (QED) is 0.671. The van der Waals surface area contributed by atoms with Gasteiger partial charge in [-0.15, -0.1) is 0 Å². The Hall–Kier alpha value is -1.65. The standard InChI is InChI=1S/C13H7Cl2F2NO/c14-8-3-7(4-9(15)12(8)18)13(19)6-1-2-10(16)11(17)5-6/h1-5H,18H2. The minimum atomic E-state index is -1.10. The van der Waals surface area contributed by atoms with Crippen molar-refractivity contribution in [2.75, 3.05) is 5.73 Å². The maximum Gasteiger partial charge on any atom is 0.193 e. The van der Waals surface area contributed by atoms with Crippen molar-refractivity contribution in [1.82, 2.24) is 0 Å². The number of ketones is 1. The average Bonchev–Trinajstić information content (AvgIpc) is 2.37. The molecule has 0 atom stereocenters. The van der Waals surface area contributed by atoms with E-state index in [1.165, 1.54) is 18.2 Å². The monoisotopic (exact) mass is 301 g/mol. The van der Waals surface area contributed by atoms with E-state index in [0.717, 1.165) is 12.1 Å². The number of halogens is 4. The fraction of sp³-hybridized carbons (Fsp3) is 0. The molecule has 0 heterocycles. The molecule has 2 rings (SSSR count). The first kappa shape index (κ1) is 13.8. The number of carbonyl (C=O) groups is 1. The van der Waals surface area contributed by atoms with Crippen LogP contribution in [0.3, 0.4) is 0 Å². The van der Waals surface area contributed by atoms with Crippen molar-refractivity contribution in [2.24, 2.45) is 0 Å². The van der Waals surface area contributed by atoms with Crippen LogP contribution in [0.1, 0.15) is 15.9 Å². The largest absolute Gasteiger partial charge is 0.396 e. The van der Waals surface area contributed by atoms with E-state index in [-0.39, 0.29) is 26.9 Å². The predicted molar refractivity (Wildman–Crippen MR) is 70.7 cm³/mol. The molecule has 0 saturated heterocycles. The minimum Gasteiger partial charge on any atom is -0.396 e. The zero-order chi connectivity index (χ0) is 14.2. The Kier molecular flexibility index (Phi) is 3.73. The van der Waals surface area contributed by atoms with Gasteiger partial charge in [0.1, 0.15) is 0 Å². The number of hydrogen-bond donors (Lipinski definition) is 1. The van der Waals surface area contributed by atoms with Gasteiger partial charge in [-0.2, -0.15) is 0 Å². The molecule has 0 aliphatic heterocycles. The molecule has 6 heteroatoms. The van der Waals surface area contributed by atoms with Gasteiger partial charge in [-0.3, -0.25) is 4.79 Å². The van der Waals surface area contributed by atoms with Crippen molar-refractivity contribution >= 4 is 34.7 Å². The molecule has 19 heavy (non-hydrogen) atoms. The van der Waals surface area contributed by atoms with Crippen LogP contribution in [0.4, 0.5) is 14.5 Å². The fourth-order valence-electron chi connectivity index (χ4n) is 1.52. The molecule has 2 N–H and O–H groups in total. The summed E-state index contributed by atoms with van der Waals surface area (Å²) in [5, 5.41) is 0.247. The summed E-state index contributed by atoms with van der Waals surface area (Å²) in [6.45, 7) is 0. The second-order valence-electron chi connectivity index (χ2n) is 3.81. The summed E-state index contributed by atoms with van der Waals surface area (Å²) in [5.41, 5.74) is 5.85. The van der Waals surface area contributed by atoms with Crippen LogP contribution >= 0.6 is 23.2 Å². The van der Waals surface area contributed by atoms with E-state index in [9.17, 15) is 13.6 Å². The van der Waals surface area contributed by atoms with Gasteiger partial charge in [-0.25, -0.2) is 8.78 Å². The topological polar surface area (TPSA) is 43.1 Å². The normalized spacial score (nSPS) is 10.5. The predicted octanol–water partition coefficient (Wildman–Crippen LogP) is 4.08. The number of rotatable bonds is 2. The van der Waals surface area contributed by atoms with E-state index in [1.54, 1.807) is 0 Å². The number of benzene rings is 2. The van der Waals surface area contributed by atoms with Crippen LogP contribution < -0.4 is 5.73 Å². The lowest BCUT2D eigenvalue weighted by atomic mass is 10.0. The summed E-state index contributed by atoms with van der Waals surface area (Å²) in [7, 11) is 0. The molecule has 0 unspecified atom stereocenters. The highest BCUT2D eigenvalue weighted by Crippen LogP contribution is 2.29. The van der Waals surface area contributed by atoms with Crippen LogP contribution in [0.2, 0.25) is 10.0 Å². The summed E-state index contributed by atoms with van der Waals surface area (Å²) >= 11 is 11.6. The third-order valence-electron chi connectivity index (χ3n) is 2.52. The van der Waals surface area contributed by atoms with Crippen LogP contribution in [0, 0.1) is 11.6 Å². The Balaban J connectivity index is 2.47. The number of anilines is 1. The van der Waals surface area contributed by atoms with Gasteiger partial charge < -0.3 is 5.73 Å². The SMILES string of the molecule is Nc1c(Cl)cc(C(=O)c2ccc(F)c(F)c2)cc1Cl. The number of nitrogen functional groups attached to an aromatic ring is 1. The highest BCUT2D eigenvalue weighted by Gasteiger charge is 2.15. The lowest BCUT2D eigenvalue weighted by molar-refractivity contribution is 0.103. The smallest absolute Gasteiger partial charge is 0.193 e.